The van der Waals surface area contributed by atoms with Crippen LogP contribution in [0.1, 0.15) is 24.0 Å². The van der Waals surface area contributed by atoms with E-state index in [1.807, 2.05) is 60.7 Å². The number of hydrogen-bond donors (Lipinski definition) is 2. The Labute approximate surface area is 172 Å². The van der Waals surface area contributed by atoms with Crippen LogP contribution in [-0.4, -0.2) is 36.7 Å². The number of carbonyl (C=O) groups excluding carboxylic acids is 1. The fourth-order valence-electron chi connectivity index (χ4n) is 2.69. The Bertz CT molecular complexity index is 708. The number of ether oxygens (including phenoxy) is 3. The molecule has 2 N–H and O–H groups in total. The van der Waals surface area contributed by atoms with Crippen LogP contribution in [0.5, 0.6) is 0 Å². The first kappa shape index (κ1) is 22.6. The van der Waals surface area contributed by atoms with E-state index >= 15 is 0 Å². The third kappa shape index (κ3) is 8.91. The zero-order valence-electron chi connectivity index (χ0n) is 16.5. The van der Waals surface area contributed by atoms with Crippen LogP contribution in [0.2, 0.25) is 0 Å². The summed E-state index contributed by atoms with van der Waals surface area (Å²) in [6.45, 7) is 4.45. The lowest BCUT2D eigenvalue weighted by atomic mass is 10.1. The molecule has 1 amide bonds. The molecule has 6 heteroatoms. The van der Waals surface area contributed by atoms with E-state index in [4.69, 9.17) is 14.2 Å². The summed E-state index contributed by atoms with van der Waals surface area (Å²) in [7, 11) is 0. The molecular weight excluding hydrogens is 370 g/mol. The van der Waals surface area contributed by atoms with E-state index < -0.39 is 18.4 Å². The molecule has 0 unspecified atom stereocenters. The number of benzene rings is 2. The molecule has 0 aliphatic carbocycles. The van der Waals surface area contributed by atoms with Gasteiger partial charge in [-0.25, -0.2) is 4.79 Å². The average Bonchev–Trinajstić information content (AvgIpc) is 2.77. The summed E-state index contributed by atoms with van der Waals surface area (Å²) in [4.78, 5) is 12.3. The number of rotatable bonds is 13. The van der Waals surface area contributed by atoms with Gasteiger partial charge in [-0.2, -0.15) is 0 Å². The van der Waals surface area contributed by atoms with Gasteiger partial charge in [0, 0.05) is 6.61 Å². The highest BCUT2D eigenvalue weighted by Crippen LogP contribution is 2.13. The summed E-state index contributed by atoms with van der Waals surface area (Å²) in [5.41, 5.74) is 1.90. The van der Waals surface area contributed by atoms with Crippen molar-refractivity contribution in [3.63, 3.8) is 0 Å². The van der Waals surface area contributed by atoms with Gasteiger partial charge < -0.3 is 19.3 Å². The van der Waals surface area contributed by atoms with E-state index in [0.717, 1.165) is 11.1 Å². The monoisotopic (exact) mass is 399 g/mol. The van der Waals surface area contributed by atoms with Gasteiger partial charge in [0.2, 0.25) is 0 Å². The molecule has 0 heterocycles. The van der Waals surface area contributed by atoms with E-state index in [0.29, 0.717) is 19.4 Å². The summed E-state index contributed by atoms with van der Waals surface area (Å²) in [6.07, 6.45) is 0.862. The van der Waals surface area contributed by atoms with Crippen LogP contribution in [0.25, 0.3) is 0 Å². The van der Waals surface area contributed by atoms with Crippen molar-refractivity contribution in [2.75, 3.05) is 13.2 Å². The molecule has 0 spiro atoms. The molecule has 29 heavy (non-hydrogen) atoms. The quantitative estimate of drug-likeness (QED) is 0.396. The van der Waals surface area contributed by atoms with Crippen molar-refractivity contribution in [3.8, 4) is 0 Å². The minimum absolute atomic E-state index is 0.0256. The van der Waals surface area contributed by atoms with Gasteiger partial charge in [0.1, 0.15) is 12.7 Å². The summed E-state index contributed by atoms with van der Waals surface area (Å²) in [5, 5.41) is 12.0. The highest BCUT2D eigenvalue weighted by molar-refractivity contribution is 5.67. The molecule has 0 saturated carbocycles. The van der Waals surface area contributed by atoms with Gasteiger partial charge in [0.25, 0.3) is 0 Å². The largest absolute Gasteiger partial charge is 0.445 e. The number of aliphatic hydroxyl groups is 1. The van der Waals surface area contributed by atoms with Gasteiger partial charge in [-0.15, -0.1) is 6.58 Å². The molecule has 0 radical (unpaired) electrons. The standard InChI is InChI=1S/C23H29NO5/c1-2-16-27-22(24-23(26)29-18-20-12-7-4-8-13-20)21(14-9-15-25)28-17-19-10-5-3-6-11-19/h2-8,10-13,21-22,25H,1,9,14-18H2,(H,24,26)/t21-,22-/m0/s1. The van der Waals surface area contributed by atoms with E-state index in [-0.39, 0.29) is 19.8 Å². The minimum Gasteiger partial charge on any atom is -0.445 e. The lowest BCUT2D eigenvalue weighted by molar-refractivity contribution is -0.0895. The molecule has 0 aliphatic rings. The molecule has 0 saturated heterocycles. The van der Waals surface area contributed by atoms with E-state index in [1.165, 1.54) is 0 Å². The number of hydrogen-bond acceptors (Lipinski definition) is 5. The van der Waals surface area contributed by atoms with E-state index in [9.17, 15) is 9.90 Å². The van der Waals surface area contributed by atoms with Gasteiger partial charge in [-0.05, 0) is 24.0 Å². The van der Waals surface area contributed by atoms with Crippen LogP contribution in [0.3, 0.4) is 0 Å². The summed E-state index contributed by atoms with van der Waals surface area (Å²) < 4.78 is 17.0. The summed E-state index contributed by atoms with van der Waals surface area (Å²) in [6, 6.07) is 19.2. The number of carbonyl (C=O) groups is 1. The Balaban J connectivity index is 1.97. The first-order chi connectivity index (χ1) is 14.2. The average molecular weight is 399 g/mol. The maximum atomic E-state index is 12.3. The van der Waals surface area contributed by atoms with Crippen LogP contribution in [0.4, 0.5) is 4.79 Å². The number of amides is 1. The smallest absolute Gasteiger partial charge is 0.409 e. The topological polar surface area (TPSA) is 77.0 Å². The number of alkyl carbamates (subject to hydrolysis) is 1. The maximum absolute atomic E-state index is 12.3. The van der Waals surface area contributed by atoms with Crippen molar-refractivity contribution in [2.24, 2.45) is 0 Å². The lowest BCUT2D eigenvalue weighted by Gasteiger charge is -2.27. The highest BCUT2D eigenvalue weighted by Gasteiger charge is 2.25. The molecule has 6 nitrogen and oxygen atoms in total. The number of aliphatic hydroxyl groups excluding tert-OH is 1. The molecule has 2 aromatic rings. The lowest BCUT2D eigenvalue weighted by Crippen LogP contribution is -2.46. The second kappa shape index (κ2) is 13.5. The first-order valence-corrected chi connectivity index (χ1v) is 9.69. The third-order valence-corrected chi connectivity index (χ3v) is 4.16. The van der Waals surface area contributed by atoms with E-state index in [1.54, 1.807) is 6.08 Å². The zero-order valence-corrected chi connectivity index (χ0v) is 16.5. The Kier molecular flexibility index (Phi) is 10.5. The fraction of sp³-hybridized carbons (Fsp3) is 0.348. The minimum atomic E-state index is -0.730. The molecule has 0 aromatic heterocycles. The van der Waals surface area contributed by atoms with Crippen molar-refractivity contribution >= 4 is 6.09 Å². The van der Waals surface area contributed by atoms with Gasteiger partial charge in [0.15, 0.2) is 6.23 Å². The van der Waals surface area contributed by atoms with Crippen LogP contribution in [0.15, 0.2) is 73.3 Å². The van der Waals surface area contributed by atoms with E-state index in [2.05, 4.69) is 11.9 Å². The van der Waals surface area contributed by atoms with Crippen LogP contribution in [-0.2, 0) is 27.4 Å². The van der Waals surface area contributed by atoms with Gasteiger partial charge >= 0.3 is 6.09 Å². The second-order valence-corrected chi connectivity index (χ2v) is 6.45. The molecule has 0 fully saturated rings. The predicted octanol–water partition coefficient (Wildman–Crippen LogP) is 3.80. The Morgan fingerprint density at radius 3 is 2.21 bits per heavy atom. The molecule has 0 aliphatic heterocycles. The molecule has 2 rings (SSSR count). The maximum Gasteiger partial charge on any atom is 0.409 e. The molecule has 2 aromatic carbocycles. The molecule has 2 atom stereocenters. The second-order valence-electron chi connectivity index (χ2n) is 6.45. The molecule has 156 valence electrons. The third-order valence-electron chi connectivity index (χ3n) is 4.16. The van der Waals surface area contributed by atoms with Crippen molar-refractivity contribution in [3.05, 3.63) is 84.4 Å². The van der Waals surface area contributed by atoms with Crippen molar-refractivity contribution in [1.82, 2.24) is 5.32 Å². The van der Waals surface area contributed by atoms with Gasteiger partial charge in [-0.3, -0.25) is 5.32 Å². The highest BCUT2D eigenvalue weighted by atomic mass is 16.6. The van der Waals surface area contributed by atoms with Crippen LogP contribution < -0.4 is 5.32 Å². The predicted molar refractivity (Wildman–Crippen MR) is 111 cm³/mol. The normalized spacial score (nSPS) is 12.7. The first-order valence-electron chi connectivity index (χ1n) is 9.69. The molecular formula is C23H29NO5. The van der Waals surface area contributed by atoms with Crippen molar-refractivity contribution in [2.45, 2.75) is 38.4 Å². The Morgan fingerprint density at radius 1 is 1.00 bits per heavy atom. The summed E-state index contributed by atoms with van der Waals surface area (Å²) >= 11 is 0. The van der Waals surface area contributed by atoms with Crippen LogP contribution >= 0.6 is 0 Å². The molecule has 0 bridgehead atoms. The SMILES string of the molecule is C=CCO[C@H](NC(=O)OCc1ccccc1)[C@H](CCCO)OCc1ccccc1. The van der Waals surface area contributed by atoms with Crippen molar-refractivity contribution in [1.29, 1.82) is 0 Å². The van der Waals surface area contributed by atoms with Gasteiger partial charge in [0.05, 0.1) is 13.2 Å². The zero-order chi connectivity index (χ0) is 20.7. The Hall–Kier alpha value is -2.67. The number of nitrogens with one attached hydrogen (secondary N) is 1. The van der Waals surface area contributed by atoms with Crippen LogP contribution in [0, 0.1) is 0 Å². The van der Waals surface area contributed by atoms with Gasteiger partial charge in [-0.1, -0.05) is 66.7 Å². The van der Waals surface area contributed by atoms with Crippen molar-refractivity contribution < 1.29 is 24.1 Å². The Morgan fingerprint density at radius 2 is 1.62 bits per heavy atom. The summed E-state index contributed by atoms with van der Waals surface area (Å²) in [5.74, 6) is 0. The fourth-order valence-corrected chi connectivity index (χ4v) is 2.69.